The smallest absolute Gasteiger partial charge is 0.224 e. The van der Waals surface area contributed by atoms with Crippen LogP contribution in [0, 0.1) is 0 Å². The maximum Gasteiger partial charge on any atom is 0.224 e. The number of aromatic amines is 1. The van der Waals surface area contributed by atoms with Gasteiger partial charge in [-0.2, -0.15) is 5.10 Å². The summed E-state index contributed by atoms with van der Waals surface area (Å²) in [7, 11) is 3.52. The van der Waals surface area contributed by atoms with Crippen molar-refractivity contribution in [1.29, 1.82) is 0 Å². The molecule has 0 radical (unpaired) electrons. The fourth-order valence-electron chi connectivity index (χ4n) is 3.33. The lowest BCUT2D eigenvalue weighted by Crippen LogP contribution is -1.91. The molecule has 5 aromatic rings. The molecule has 27 heavy (non-hydrogen) atoms. The molecule has 4 heterocycles. The van der Waals surface area contributed by atoms with E-state index in [-0.39, 0.29) is 0 Å². The molecule has 7 nitrogen and oxygen atoms in total. The molecule has 0 spiro atoms. The number of nitrogens with one attached hydrogen (secondary N) is 1. The van der Waals surface area contributed by atoms with Crippen LogP contribution in [0.15, 0.2) is 55.4 Å². The second-order valence-corrected chi connectivity index (χ2v) is 6.34. The third kappa shape index (κ3) is 2.52. The minimum Gasteiger partial charge on any atom is -0.480 e. The van der Waals surface area contributed by atoms with E-state index in [1.807, 2.05) is 50.0 Å². The van der Waals surface area contributed by atoms with Crippen molar-refractivity contribution in [3.05, 3.63) is 55.4 Å². The first-order valence-electron chi connectivity index (χ1n) is 8.48. The molecule has 1 N–H and O–H groups in total. The minimum atomic E-state index is 0.566. The highest BCUT2D eigenvalue weighted by molar-refractivity contribution is 5.98. The van der Waals surface area contributed by atoms with Crippen LogP contribution in [0.2, 0.25) is 0 Å². The summed E-state index contributed by atoms with van der Waals surface area (Å²) < 4.78 is 7.17. The average molecular weight is 356 g/mol. The number of aromatic nitrogens is 6. The van der Waals surface area contributed by atoms with E-state index >= 15 is 0 Å². The summed E-state index contributed by atoms with van der Waals surface area (Å²) in [5.74, 6) is 0.566. The summed E-state index contributed by atoms with van der Waals surface area (Å²) >= 11 is 0. The van der Waals surface area contributed by atoms with Crippen LogP contribution in [0.3, 0.4) is 0 Å². The van der Waals surface area contributed by atoms with Gasteiger partial charge in [0, 0.05) is 47.7 Å². The van der Waals surface area contributed by atoms with Gasteiger partial charge in [-0.15, -0.1) is 0 Å². The first-order valence-corrected chi connectivity index (χ1v) is 8.48. The number of hydrogen-bond donors (Lipinski definition) is 1. The molecule has 0 aliphatic rings. The first-order chi connectivity index (χ1) is 13.2. The molecule has 1 aromatic carbocycles. The lowest BCUT2D eigenvalue weighted by Gasteiger charge is -2.06. The van der Waals surface area contributed by atoms with Gasteiger partial charge in [-0.1, -0.05) is 6.07 Å². The Morgan fingerprint density at radius 3 is 2.67 bits per heavy atom. The number of fused-ring (bicyclic) bond motifs is 2. The Morgan fingerprint density at radius 1 is 0.963 bits per heavy atom. The second kappa shape index (κ2) is 5.91. The van der Waals surface area contributed by atoms with E-state index in [4.69, 9.17) is 4.74 Å². The number of aryl methyl sites for hydroxylation is 1. The number of nitrogens with zero attached hydrogens (tertiary/aromatic N) is 5. The third-order valence-corrected chi connectivity index (χ3v) is 4.67. The fraction of sp³-hybridized carbons (Fsp3) is 0.100. The largest absolute Gasteiger partial charge is 0.480 e. The SMILES string of the molecule is COc1ncnc2ccc(-c3c[nH]c4ncc(-c5cnn(C)c5)cc34)cc12. The summed E-state index contributed by atoms with van der Waals surface area (Å²) in [6.07, 6.45) is 9.16. The molecule has 0 fully saturated rings. The summed E-state index contributed by atoms with van der Waals surface area (Å²) in [5, 5.41) is 6.17. The van der Waals surface area contributed by atoms with Crippen molar-refractivity contribution in [3.63, 3.8) is 0 Å². The number of ether oxygens (including phenoxy) is 1. The number of pyridine rings is 1. The number of H-pyrrole nitrogens is 1. The molecule has 0 aliphatic heterocycles. The van der Waals surface area contributed by atoms with Crippen molar-refractivity contribution in [1.82, 2.24) is 29.7 Å². The van der Waals surface area contributed by atoms with E-state index in [1.54, 1.807) is 11.8 Å². The Labute approximate surface area is 154 Å². The van der Waals surface area contributed by atoms with Crippen molar-refractivity contribution in [3.8, 4) is 28.1 Å². The van der Waals surface area contributed by atoms with Gasteiger partial charge in [0.05, 0.1) is 24.2 Å². The van der Waals surface area contributed by atoms with Gasteiger partial charge in [-0.3, -0.25) is 4.68 Å². The standard InChI is InChI=1S/C20H16N6O/c1-26-10-14(8-25-26)13-6-15-17(9-22-19(15)21-7-13)12-3-4-18-16(5-12)20(27-2)24-11-23-18/h3-11H,1-2H3,(H,21,22). The third-order valence-electron chi connectivity index (χ3n) is 4.67. The molecule has 4 aromatic heterocycles. The van der Waals surface area contributed by atoms with Gasteiger partial charge >= 0.3 is 0 Å². The molecule has 132 valence electrons. The van der Waals surface area contributed by atoms with Gasteiger partial charge in [0.25, 0.3) is 0 Å². The summed E-state index contributed by atoms with van der Waals surface area (Å²) in [6.45, 7) is 0. The molecule has 0 aliphatic carbocycles. The topological polar surface area (TPSA) is 81.5 Å². The zero-order valence-electron chi connectivity index (χ0n) is 14.8. The molecule has 5 rings (SSSR count). The van der Waals surface area contributed by atoms with Crippen LogP contribution in [0.5, 0.6) is 5.88 Å². The molecular formula is C20H16N6O. The van der Waals surface area contributed by atoms with Crippen molar-refractivity contribution in [2.24, 2.45) is 7.05 Å². The van der Waals surface area contributed by atoms with Crippen LogP contribution in [0.25, 0.3) is 44.2 Å². The van der Waals surface area contributed by atoms with E-state index in [2.05, 4.69) is 31.1 Å². The maximum atomic E-state index is 5.39. The van der Waals surface area contributed by atoms with Gasteiger partial charge in [-0.05, 0) is 23.8 Å². The molecule has 0 saturated carbocycles. The monoisotopic (exact) mass is 356 g/mol. The van der Waals surface area contributed by atoms with Gasteiger partial charge < -0.3 is 9.72 Å². The molecule has 7 heteroatoms. The molecule has 0 atom stereocenters. The molecule has 0 unspecified atom stereocenters. The number of hydrogen-bond acceptors (Lipinski definition) is 5. The van der Waals surface area contributed by atoms with E-state index in [0.29, 0.717) is 5.88 Å². The van der Waals surface area contributed by atoms with Crippen LogP contribution in [-0.4, -0.2) is 36.8 Å². The Hall–Kier alpha value is -3.74. The first kappa shape index (κ1) is 15.5. The van der Waals surface area contributed by atoms with E-state index in [9.17, 15) is 0 Å². The number of rotatable bonds is 3. The lowest BCUT2D eigenvalue weighted by atomic mass is 10.0. The van der Waals surface area contributed by atoms with Crippen molar-refractivity contribution in [2.75, 3.05) is 7.11 Å². The molecule has 0 saturated heterocycles. The normalized spacial score (nSPS) is 11.3. The van der Waals surface area contributed by atoms with Crippen LogP contribution in [0.4, 0.5) is 0 Å². The van der Waals surface area contributed by atoms with Gasteiger partial charge in [0.2, 0.25) is 5.88 Å². The quantitative estimate of drug-likeness (QED) is 0.534. The lowest BCUT2D eigenvalue weighted by molar-refractivity contribution is 0.402. The predicted octanol–water partition coefficient (Wildman–Crippen LogP) is 3.58. The predicted molar refractivity (Wildman–Crippen MR) is 103 cm³/mol. The zero-order valence-corrected chi connectivity index (χ0v) is 14.8. The van der Waals surface area contributed by atoms with Crippen LogP contribution in [0.1, 0.15) is 0 Å². The highest BCUT2D eigenvalue weighted by Crippen LogP contribution is 2.33. The zero-order chi connectivity index (χ0) is 18.4. The second-order valence-electron chi connectivity index (χ2n) is 6.34. The Kier molecular flexibility index (Phi) is 3.39. The highest BCUT2D eigenvalue weighted by Gasteiger charge is 2.12. The summed E-state index contributed by atoms with van der Waals surface area (Å²) in [6, 6.07) is 8.21. The molecular weight excluding hydrogens is 340 g/mol. The van der Waals surface area contributed by atoms with E-state index in [1.165, 1.54) is 6.33 Å². The van der Waals surface area contributed by atoms with E-state index in [0.717, 1.165) is 44.2 Å². The fourth-order valence-corrected chi connectivity index (χ4v) is 3.33. The van der Waals surface area contributed by atoms with Gasteiger partial charge in [0.1, 0.15) is 12.0 Å². The van der Waals surface area contributed by atoms with Crippen LogP contribution >= 0.6 is 0 Å². The van der Waals surface area contributed by atoms with Crippen LogP contribution < -0.4 is 4.74 Å². The van der Waals surface area contributed by atoms with Crippen molar-refractivity contribution >= 4 is 21.9 Å². The highest BCUT2D eigenvalue weighted by atomic mass is 16.5. The van der Waals surface area contributed by atoms with Gasteiger partial charge in [0.15, 0.2) is 0 Å². The number of methoxy groups -OCH3 is 1. The number of benzene rings is 1. The minimum absolute atomic E-state index is 0.566. The van der Waals surface area contributed by atoms with Crippen molar-refractivity contribution in [2.45, 2.75) is 0 Å². The summed E-state index contributed by atoms with van der Waals surface area (Å²) in [4.78, 5) is 16.3. The van der Waals surface area contributed by atoms with Gasteiger partial charge in [-0.25, -0.2) is 15.0 Å². The Balaban J connectivity index is 1.69. The van der Waals surface area contributed by atoms with Crippen molar-refractivity contribution < 1.29 is 4.74 Å². The summed E-state index contributed by atoms with van der Waals surface area (Å²) in [5.41, 5.74) is 5.86. The Bertz CT molecular complexity index is 1290. The van der Waals surface area contributed by atoms with Crippen LogP contribution in [-0.2, 0) is 7.05 Å². The maximum absolute atomic E-state index is 5.39. The Morgan fingerprint density at radius 2 is 1.85 bits per heavy atom. The average Bonchev–Trinajstić information content (AvgIpc) is 3.32. The van der Waals surface area contributed by atoms with E-state index < -0.39 is 0 Å². The molecule has 0 amide bonds. The molecule has 0 bridgehead atoms.